The monoisotopic (exact) mass is 506 g/mol. The molecule has 0 aliphatic heterocycles. The SMILES string of the molecule is CC(CC(S)Cc1ccccc1)c1c2ccccc2cc2ccccc12.O=S(=O)(O)C(F)(F)F. The Kier molecular flexibility index (Phi) is 8.28. The van der Waals surface area contributed by atoms with Crippen LogP contribution < -0.4 is 0 Å². The molecule has 4 rings (SSSR count). The second kappa shape index (κ2) is 10.8. The molecule has 3 nitrogen and oxygen atoms in total. The van der Waals surface area contributed by atoms with Crippen LogP contribution in [-0.4, -0.2) is 23.7 Å². The smallest absolute Gasteiger partial charge is 0.279 e. The van der Waals surface area contributed by atoms with Gasteiger partial charge in [-0.1, -0.05) is 85.8 Å². The molecule has 180 valence electrons. The van der Waals surface area contributed by atoms with E-state index in [0.717, 1.165) is 12.8 Å². The van der Waals surface area contributed by atoms with Crippen molar-refractivity contribution in [3.8, 4) is 0 Å². The van der Waals surface area contributed by atoms with Crippen molar-refractivity contribution in [1.82, 2.24) is 0 Å². The van der Waals surface area contributed by atoms with Crippen molar-refractivity contribution in [1.29, 1.82) is 0 Å². The summed E-state index contributed by atoms with van der Waals surface area (Å²) in [4.78, 5) is 0. The highest BCUT2D eigenvalue weighted by Crippen LogP contribution is 2.36. The van der Waals surface area contributed by atoms with Crippen molar-refractivity contribution in [2.24, 2.45) is 0 Å². The standard InChI is InChI=1S/C25H24S.CHF3O3S/c1-18(15-22(26)16-19-9-3-2-4-10-19)25-23-13-7-5-11-20(23)17-21-12-6-8-14-24(21)25;2-1(3,4)8(5,6)7/h2-14,17-18,22,26H,15-16H2,1H3;(H,5,6,7). The van der Waals surface area contributed by atoms with E-state index in [4.69, 9.17) is 25.6 Å². The van der Waals surface area contributed by atoms with Gasteiger partial charge < -0.3 is 0 Å². The summed E-state index contributed by atoms with van der Waals surface area (Å²) in [7, 11) is -5.84. The lowest BCUT2D eigenvalue weighted by molar-refractivity contribution is -0.0510. The van der Waals surface area contributed by atoms with E-state index in [1.807, 2.05) is 0 Å². The minimum atomic E-state index is -5.84. The Morgan fingerprint density at radius 3 is 1.76 bits per heavy atom. The molecule has 34 heavy (non-hydrogen) atoms. The first-order valence-corrected chi connectivity index (χ1v) is 12.6. The van der Waals surface area contributed by atoms with Crippen molar-refractivity contribution in [2.45, 2.75) is 36.4 Å². The van der Waals surface area contributed by atoms with Crippen molar-refractivity contribution < 1.29 is 26.1 Å². The number of rotatable bonds is 5. The molecule has 4 aromatic carbocycles. The van der Waals surface area contributed by atoms with E-state index in [9.17, 15) is 13.2 Å². The minimum Gasteiger partial charge on any atom is -0.279 e. The molecule has 0 saturated carbocycles. The van der Waals surface area contributed by atoms with Crippen LogP contribution in [0.4, 0.5) is 13.2 Å². The summed E-state index contributed by atoms with van der Waals surface area (Å²) < 4.78 is 57.5. The topological polar surface area (TPSA) is 54.4 Å². The fourth-order valence-corrected chi connectivity index (χ4v) is 4.60. The summed E-state index contributed by atoms with van der Waals surface area (Å²) in [6, 6.07) is 30.5. The summed E-state index contributed by atoms with van der Waals surface area (Å²) in [5.74, 6) is 0.456. The predicted molar refractivity (Wildman–Crippen MR) is 135 cm³/mol. The molecule has 0 radical (unpaired) electrons. The van der Waals surface area contributed by atoms with Crippen LogP contribution >= 0.6 is 12.6 Å². The molecule has 1 N–H and O–H groups in total. The van der Waals surface area contributed by atoms with E-state index < -0.39 is 15.6 Å². The summed E-state index contributed by atoms with van der Waals surface area (Å²) in [6.45, 7) is 2.35. The van der Waals surface area contributed by atoms with Gasteiger partial charge in [-0.05, 0) is 57.5 Å². The number of hydrogen-bond donors (Lipinski definition) is 2. The first-order valence-electron chi connectivity index (χ1n) is 10.6. The van der Waals surface area contributed by atoms with E-state index in [1.54, 1.807) is 0 Å². The second-order valence-corrected chi connectivity index (χ2v) is 10.3. The van der Waals surface area contributed by atoms with Gasteiger partial charge in [-0.15, -0.1) is 0 Å². The molecule has 0 aromatic heterocycles. The van der Waals surface area contributed by atoms with E-state index in [1.165, 1.54) is 32.7 Å². The molecule has 8 heteroatoms. The van der Waals surface area contributed by atoms with Gasteiger partial charge in [0.05, 0.1) is 0 Å². The third-order valence-electron chi connectivity index (χ3n) is 5.54. The first kappa shape index (κ1) is 26.1. The Hall–Kier alpha value is -2.55. The van der Waals surface area contributed by atoms with E-state index in [-0.39, 0.29) is 0 Å². The van der Waals surface area contributed by atoms with Gasteiger partial charge in [0.15, 0.2) is 0 Å². The highest BCUT2D eigenvalue weighted by Gasteiger charge is 2.44. The number of fused-ring (bicyclic) bond motifs is 2. The maximum Gasteiger partial charge on any atom is 0.522 e. The zero-order chi connectivity index (χ0) is 24.9. The average molecular weight is 507 g/mol. The van der Waals surface area contributed by atoms with Crippen LogP contribution in [0.5, 0.6) is 0 Å². The normalized spacial score (nSPS) is 13.8. The summed E-state index contributed by atoms with van der Waals surface area (Å²) >= 11 is 4.92. The molecule has 0 aliphatic rings. The number of alkyl halides is 3. The van der Waals surface area contributed by atoms with E-state index in [0.29, 0.717) is 11.2 Å². The van der Waals surface area contributed by atoms with Crippen LogP contribution in [0.25, 0.3) is 21.5 Å². The third kappa shape index (κ3) is 6.52. The second-order valence-electron chi connectivity index (χ2n) is 8.13. The van der Waals surface area contributed by atoms with Gasteiger partial charge in [0.2, 0.25) is 0 Å². The third-order valence-corrected chi connectivity index (χ3v) is 6.52. The molecule has 4 aromatic rings. The van der Waals surface area contributed by atoms with Crippen LogP contribution in [0.1, 0.15) is 30.4 Å². The molecular weight excluding hydrogens is 481 g/mol. The van der Waals surface area contributed by atoms with Gasteiger partial charge >= 0.3 is 15.6 Å². The minimum absolute atomic E-state index is 0.352. The maximum atomic E-state index is 10.7. The Morgan fingerprint density at radius 2 is 1.29 bits per heavy atom. The zero-order valence-corrected chi connectivity index (χ0v) is 20.1. The van der Waals surface area contributed by atoms with Crippen molar-refractivity contribution in [3.05, 3.63) is 96.1 Å². The first-order chi connectivity index (χ1) is 16.0. The number of thiol groups is 1. The molecule has 2 unspecified atom stereocenters. The Labute approximate surface area is 202 Å². The van der Waals surface area contributed by atoms with Crippen LogP contribution in [-0.2, 0) is 16.5 Å². The van der Waals surface area contributed by atoms with Gasteiger partial charge in [0.25, 0.3) is 0 Å². The molecule has 0 aliphatic carbocycles. The quantitative estimate of drug-likeness (QED) is 0.128. The van der Waals surface area contributed by atoms with Crippen molar-refractivity contribution in [3.63, 3.8) is 0 Å². The van der Waals surface area contributed by atoms with Crippen molar-refractivity contribution >= 4 is 44.3 Å². The Bertz CT molecular complexity index is 1300. The van der Waals surface area contributed by atoms with E-state index >= 15 is 0 Å². The van der Waals surface area contributed by atoms with Gasteiger partial charge in [-0.3, -0.25) is 4.55 Å². The fourth-order valence-electron chi connectivity index (χ4n) is 4.08. The van der Waals surface area contributed by atoms with Crippen molar-refractivity contribution in [2.75, 3.05) is 0 Å². The number of benzene rings is 4. The summed E-state index contributed by atoms with van der Waals surface area (Å²) in [5.41, 5.74) is -2.71. The van der Waals surface area contributed by atoms with Crippen LogP contribution in [0.2, 0.25) is 0 Å². The Balaban J connectivity index is 0.000000350. The van der Waals surface area contributed by atoms with Crippen LogP contribution in [0.3, 0.4) is 0 Å². The van der Waals surface area contributed by atoms with Crippen LogP contribution in [0.15, 0.2) is 84.9 Å². The summed E-state index contributed by atoms with van der Waals surface area (Å²) in [6.07, 6.45) is 2.08. The van der Waals surface area contributed by atoms with Gasteiger partial charge in [-0.25, -0.2) is 0 Å². The molecule has 0 bridgehead atoms. The lowest BCUT2D eigenvalue weighted by Gasteiger charge is -2.21. The summed E-state index contributed by atoms with van der Waals surface area (Å²) in [5, 5.41) is 5.75. The number of hydrogen-bond acceptors (Lipinski definition) is 3. The molecule has 2 atom stereocenters. The molecule has 0 saturated heterocycles. The average Bonchev–Trinajstić information content (AvgIpc) is 2.77. The molecular formula is C26H25F3O3S2. The largest absolute Gasteiger partial charge is 0.522 e. The molecule has 0 heterocycles. The lowest BCUT2D eigenvalue weighted by Crippen LogP contribution is -2.21. The van der Waals surface area contributed by atoms with Gasteiger partial charge in [0, 0.05) is 5.25 Å². The highest BCUT2D eigenvalue weighted by molar-refractivity contribution is 7.86. The lowest BCUT2D eigenvalue weighted by atomic mass is 9.86. The molecule has 0 amide bonds. The predicted octanol–water partition coefficient (Wildman–Crippen LogP) is 7.42. The van der Waals surface area contributed by atoms with Crippen LogP contribution in [0, 0.1) is 0 Å². The van der Waals surface area contributed by atoms with Gasteiger partial charge in [0.1, 0.15) is 0 Å². The maximum absolute atomic E-state index is 10.7. The molecule has 0 spiro atoms. The van der Waals surface area contributed by atoms with E-state index in [2.05, 4.69) is 91.9 Å². The molecule has 0 fully saturated rings. The zero-order valence-electron chi connectivity index (χ0n) is 18.4. The highest BCUT2D eigenvalue weighted by atomic mass is 32.2. The fraction of sp³-hybridized carbons (Fsp3) is 0.231. The number of halogens is 3. The van der Waals surface area contributed by atoms with Gasteiger partial charge in [-0.2, -0.15) is 34.2 Å². The Morgan fingerprint density at radius 1 is 0.853 bits per heavy atom.